The van der Waals surface area contributed by atoms with E-state index in [1.165, 1.54) is 15.8 Å². The van der Waals surface area contributed by atoms with E-state index in [9.17, 15) is 19.3 Å². The highest BCUT2D eigenvalue weighted by atomic mass is 31.2. The predicted molar refractivity (Wildman–Crippen MR) is 93.2 cm³/mol. The molecule has 0 bridgehead atoms. The highest BCUT2D eigenvalue weighted by molar-refractivity contribution is 7.46. The number of rotatable bonds is 4. The van der Waals surface area contributed by atoms with E-state index < -0.39 is 37.5 Å². The highest BCUT2D eigenvalue weighted by Gasteiger charge is 2.35. The fourth-order valence-electron chi connectivity index (χ4n) is 2.63. The molecule has 3 atom stereocenters. The van der Waals surface area contributed by atoms with Crippen LogP contribution in [0.4, 0.5) is 0 Å². The molecule has 1 aromatic heterocycles. The number of hydrogen-bond donors (Lipinski definition) is 5. The molecule has 28 heavy (non-hydrogen) atoms. The van der Waals surface area contributed by atoms with Crippen molar-refractivity contribution in [2.75, 3.05) is 32.9 Å². The van der Waals surface area contributed by atoms with Gasteiger partial charge in [0.05, 0.1) is 25.9 Å². The van der Waals surface area contributed by atoms with Gasteiger partial charge in [-0.1, -0.05) is 0 Å². The van der Waals surface area contributed by atoms with Crippen molar-refractivity contribution in [2.45, 2.75) is 31.8 Å². The van der Waals surface area contributed by atoms with Crippen LogP contribution in [0.1, 0.15) is 18.2 Å². The number of phosphoric acid groups is 1. The molecule has 2 fully saturated rings. The van der Waals surface area contributed by atoms with Crippen molar-refractivity contribution in [1.82, 2.24) is 14.6 Å². The number of hydrogen-bond acceptors (Lipinski definition) is 9. The normalized spacial score (nSPS) is 26.0. The number of aromatic nitrogens is 2. The zero-order chi connectivity index (χ0) is 20.9. The predicted octanol–water partition coefficient (Wildman–Crippen LogP) is -2.17. The Morgan fingerprint density at radius 2 is 1.96 bits per heavy atom. The molecule has 0 amide bonds. The fraction of sp³-hybridized carbons (Fsp3) is 0.714. The van der Waals surface area contributed by atoms with Gasteiger partial charge in [0, 0.05) is 31.3 Å². The second-order valence-corrected chi connectivity index (χ2v) is 7.35. The van der Waals surface area contributed by atoms with E-state index >= 15 is 0 Å². The number of H-pyrrole nitrogens is 1. The van der Waals surface area contributed by atoms with Gasteiger partial charge in [0.15, 0.2) is 0 Å². The molecule has 0 spiro atoms. The lowest BCUT2D eigenvalue weighted by Crippen LogP contribution is -2.35. The lowest BCUT2D eigenvalue weighted by Gasteiger charge is -2.25. The minimum absolute atomic E-state index is 0.205. The van der Waals surface area contributed by atoms with Gasteiger partial charge < -0.3 is 29.5 Å². The van der Waals surface area contributed by atoms with Crippen LogP contribution in [0, 0.1) is 6.92 Å². The summed E-state index contributed by atoms with van der Waals surface area (Å²) in [7, 11) is -4.36. The van der Waals surface area contributed by atoms with Crippen LogP contribution in [0.3, 0.4) is 0 Å². The Bertz CT molecular complexity index is 799. The number of morpholine rings is 1. The van der Waals surface area contributed by atoms with Crippen LogP contribution in [0.25, 0.3) is 0 Å². The van der Waals surface area contributed by atoms with Gasteiger partial charge in [0.25, 0.3) is 5.56 Å². The summed E-state index contributed by atoms with van der Waals surface area (Å²) < 4.78 is 26.1. The smallest absolute Gasteiger partial charge is 0.394 e. The number of aromatic amines is 1. The molecule has 0 unspecified atom stereocenters. The molecular weight excluding hydrogens is 401 g/mol. The Morgan fingerprint density at radius 3 is 2.50 bits per heavy atom. The first-order valence-electron chi connectivity index (χ1n) is 8.45. The summed E-state index contributed by atoms with van der Waals surface area (Å²) in [6, 6.07) is 0. The van der Waals surface area contributed by atoms with Crippen molar-refractivity contribution >= 4 is 7.82 Å². The second-order valence-electron chi connectivity index (χ2n) is 6.21. The molecule has 3 heterocycles. The molecular formula is C14H24N3O10P. The number of aliphatic hydroxyl groups excluding tert-OH is 2. The molecule has 160 valence electrons. The second kappa shape index (κ2) is 9.87. The van der Waals surface area contributed by atoms with Crippen LogP contribution in [-0.4, -0.2) is 79.7 Å². The molecule has 5 N–H and O–H groups in total. The maximum absolute atomic E-state index is 11.6. The average Bonchev–Trinajstić information content (AvgIpc) is 2.99. The van der Waals surface area contributed by atoms with Crippen molar-refractivity contribution in [3.05, 3.63) is 32.6 Å². The minimum atomic E-state index is -4.36. The number of aryl methyl sites for hydroxylation is 1. The van der Waals surface area contributed by atoms with Crippen LogP contribution in [0.15, 0.2) is 15.8 Å². The Morgan fingerprint density at radius 1 is 1.32 bits per heavy atom. The number of ether oxygens (including phenoxy) is 2. The third kappa shape index (κ3) is 6.58. The molecule has 0 aromatic carbocycles. The summed E-state index contributed by atoms with van der Waals surface area (Å²) >= 11 is 0. The topological polar surface area (TPSA) is 184 Å². The highest BCUT2D eigenvalue weighted by Crippen LogP contribution is 2.37. The first kappa shape index (κ1) is 22.9. The lowest BCUT2D eigenvalue weighted by atomic mass is 10.2. The van der Waals surface area contributed by atoms with E-state index in [1.54, 1.807) is 6.92 Å². The van der Waals surface area contributed by atoms with Crippen molar-refractivity contribution in [3.63, 3.8) is 0 Å². The number of hydroxylamine groups is 2. The summed E-state index contributed by atoms with van der Waals surface area (Å²) in [4.78, 5) is 41.7. The van der Waals surface area contributed by atoms with Gasteiger partial charge in [-0.2, -0.15) is 9.69 Å². The molecule has 0 radical (unpaired) electrons. The molecule has 14 heteroatoms. The molecule has 2 saturated heterocycles. The fourth-order valence-corrected chi connectivity index (χ4v) is 3.09. The largest absolute Gasteiger partial charge is 0.486 e. The Kier molecular flexibility index (Phi) is 8.07. The van der Waals surface area contributed by atoms with Crippen molar-refractivity contribution in [1.29, 1.82) is 0 Å². The summed E-state index contributed by atoms with van der Waals surface area (Å²) in [5.41, 5.74) is -0.643. The van der Waals surface area contributed by atoms with E-state index in [-0.39, 0.29) is 13.0 Å². The van der Waals surface area contributed by atoms with E-state index in [2.05, 4.69) is 9.61 Å². The number of aliphatic hydroxyl groups is 2. The van der Waals surface area contributed by atoms with Crippen molar-refractivity contribution < 1.29 is 38.7 Å². The Labute approximate surface area is 159 Å². The zero-order valence-electron chi connectivity index (χ0n) is 15.1. The van der Waals surface area contributed by atoms with Gasteiger partial charge in [-0.3, -0.25) is 14.3 Å². The van der Waals surface area contributed by atoms with Gasteiger partial charge in [-0.15, -0.1) is 0 Å². The van der Waals surface area contributed by atoms with E-state index in [0.29, 0.717) is 31.9 Å². The van der Waals surface area contributed by atoms with Gasteiger partial charge in [-0.25, -0.2) is 9.36 Å². The summed E-state index contributed by atoms with van der Waals surface area (Å²) in [5.74, 6) is 0. The summed E-state index contributed by atoms with van der Waals surface area (Å²) in [6.07, 6.45) is -0.581. The van der Waals surface area contributed by atoms with Crippen LogP contribution < -0.4 is 11.2 Å². The molecule has 13 nitrogen and oxygen atoms in total. The third-order valence-electron chi connectivity index (χ3n) is 4.03. The quantitative estimate of drug-likeness (QED) is 0.331. The number of nitrogens with zero attached hydrogens (tertiary/aromatic N) is 2. The Hall–Kier alpha value is -1.41. The summed E-state index contributed by atoms with van der Waals surface area (Å²) in [6.45, 7) is 2.94. The average molecular weight is 425 g/mol. The standard InChI is InChI=1S/C10H14N2O5.C4H10NO5P/c1-5-3-12(10(16)11-9(5)15)8-2-6(14)7(4-13)17-8;6-11(7,8)10-5-1-3-9-4-2-5/h3,6-8,13-14H,2,4H2,1H3,(H,11,15,16);1-4H2,(H2,6,7,8)/t6-,7+,8+;/m0./s1. The van der Waals surface area contributed by atoms with Crippen LogP contribution in [0.2, 0.25) is 0 Å². The minimum Gasteiger partial charge on any atom is -0.394 e. The van der Waals surface area contributed by atoms with E-state index in [0.717, 1.165) is 0 Å². The SMILES string of the molecule is Cc1cn([C@H]2C[C@H](O)[C@@H](CO)O2)c(=O)[nH]c1=O.O=P(O)(O)ON1CCOCC1. The monoisotopic (exact) mass is 425 g/mol. The van der Waals surface area contributed by atoms with Gasteiger partial charge >= 0.3 is 13.5 Å². The third-order valence-corrected chi connectivity index (χ3v) is 4.48. The zero-order valence-corrected chi connectivity index (χ0v) is 16.0. The first-order valence-corrected chi connectivity index (χ1v) is 9.98. The molecule has 0 aliphatic carbocycles. The van der Waals surface area contributed by atoms with E-state index in [1.807, 2.05) is 0 Å². The molecule has 1 aromatic rings. The van der Waals surface area contributed by atoms with Gasteiger partial charge in [0.2, 0.25) is 0 Å². The van der Waals surface area contributed by atoms with Crippen LogP contribution in [0.5, 0.6) is 0 Å². The van der Waals surface area contributed by atoms with Gasteiger partial charge in [0.1, 0.15) is 12.3 Å². The first-order chi connectivity index (χ1) is 13.1. The lowest BCUT2D eigenvalue weighted by molar-refractivity contribution is -0.132. The summed E-state index contributed by atoms with van der Waals surface area (Å²) in [5, 5.41) is 19.7. The number of nitrogens with one attached hydrogen (secondary N) is 1. The maximum atomic E-state index is 11.6. The molecule has 2 aliphatic heterocycles. The van der Waals surface area contributed by atoms with Crippen LogP contribution in [-0.2, 0) is 18.7 Å². The van der Waals surface area contributed by atoms with Crippen molar-refractivity contribution in [2.24, 2.45) is 0 Å². The Balaban J connectivity index is 0.000000221. The van der Waals surface area contributed by atoms with Crippen molar-refractivity contribution in [3.8, 4) is 0 Å². The van der Waals surface area contributed by atoms with E-state index in [4.69, 9.17) is 24.4 Å². The molecule has 2 aliphatic rings. The van der Waals surface area contributed by atoms with Gasteiger partial charge in [-0.05, 0) is 6.92 Å². The van der Waals surface area contributed by atoms with Crippen LogP contribution >= 0.6 is 7.82 Å². The maximum Gasteiger partial charge on any atom is 0.486 e. The molecule has 0 saturated carbocycles. The molecule has 3 rings (SSSR count).